The summed E-state index contributed by atoms with van der Waals surface area (Å²) in [5.74, 6) is 0.629. The smallest absolute Gasteiger partial charge is 0.258 e. The maximum atomic E-state index is 12.8. The molecule has 0 saturated heterocycles. The van der Waals surface area contributed by atoms with Crippen LogP contribution in [0.2, 0.25) is 0 Å². The zero-order valence-electron chi connectivity index (χ0n) is 12.6. The van der Waals surface area contributed by atoms with Gasteiger partial charge in [-0.15, -0.1) is 0 Å². The second kappa shape index (κ2) is 7.11. The molecule has 0 spiro atoms. The third-order valence-corrected chi connectivity index (χ3v) is 4.38. The van der Waals surface area contributed by atoms with Crippen LogP contribution in [-0.2, 0) is 5.75 Å². The van der Waals surface area contributed by atoms with Crippen LogP contribution in [0.15, 0.2) is 66.1 Å². The van der Waals surface area contributed by atoms with Crippen molar-refractivity contribution in [1.29, 1.82) is 0 Å². The summed E-state index contributed by atoms with van der Waals surface area (Å²) in [5.41, 5.74) is 2.54. The molecule has 1 heterocycles. The van der Waals surface area contributed by atoms with Crippen LogP contribution in [0.3, 0.4) is 0 Å². The standard InChI is InChI=1S/C17H16N4OS/c1-21(14-8-3-2-4-9-14)16(22)15-10-6-5-7-13(15)11-23-17-18-12-19-20-17/h2-10,12H,11H2,1H3,(H,18,19,20). The number of nitrogens with one attached hydrogen (secondary N) is 1. The van der Waals surface area contributed by atoms with E-state index < -0.39 is 0 Å². The monoisotopic (exact) mass is 324 g/mol. The molecule has 116 valence electrons. The van der Waals surface area contributed by atoms with E-state index in [4.69, 9.17) is 0 Å². The van der Waals surface area contributed by atoms with Gasteiger partial charge < -0.3 is 4.90 Å². The molecule has 0 atom stereocenters. The lowest BCUT2D eigenvalue weighted by molar-refractivity contribution is 0.0992. The molecule has 0 radical (unpaired) electrons. The van der Waals surface area contributed by atoms with Gasteiger partial charge in [-0.3, -0.25) is 9.89 Å². The third kappa shape index (κ3) is 3.60. The van der Waals surface area contributed by atoms with Crippen LogP contribution >= 0.6 is 11.8 Å². The molecule has 1 N–H and O–H groups in total. The van der Waals surface area contributed by atoms with Crippen LogP contribution in [0.4, 0.5) is 5.69 Å². The summed E-state index contributed by atoms with van der Waals surface area (Å²) in [7, 11) is 1.79. The molecule has 5 nitrogen and oxygen atoms in total. The second-order valence-corrected chi connectivity index (χ2v) is 5.90. The molecule has 6 heteroatoms. The normalized spacial score (nSPS) is 10.5. The maximum absolute atomic E-state index is 12.8. The van der Waals surface area contributed by atoms with Crippen molar-refractivity contribution in [3.05, 3.63) is 72.1 Å². The molecular weight excluding hydrogens is 308 g/mol. The SMILES string of the molecule is CN(C(=O)c1ccccc1CSc1ncn[nH]1)c1ccccc1. The summed E-state index contributed by atoms with van der Waals surface area (Å²) in [4.78, 5) is 18.6. The Kier molecular flexibility index (Phi) is 4.73. The Morgan fingerprint density at radius 2 is 1.87 bits per heavy atom. The van der Waals surface area contributed by atoms with E-state index in [1.54, 1.807) is 11.9 Å². The highest BCUT2D eigenvalue weighted by atomic mass is 32.2. The average Bonchev–Trinajstić information content (AvgIpc) is 3.13. The Morgan fingerprint density at radius 3 is 2.61 bits per heavy atom. The minimum Gasteiger partial charge on any atom is -0.311 e. The number of aromatic amines is 1. The predicted molar refractivity (Wildman–Crippen MR) is 91.6 cm³/mol. The summed E-state index contributed by atoms with van der Waals surface area (Å²) in [5, 5.41) is 7.38. The molecule has 0 saturated carbocycles. The lowest BCUT2D eigenvalue weighted by atomic mass is 10.1. The summed E-state index contributed by atoms with van der Waals surface area (Å²) in [6, 6.07) is 17.3. The minimum absolute atomic E-state index is 0.0232. The number of aromatic nitrogens is 3. The number of carbonyl (C=O) groups excluding carboxylic acids is 1. The number of para-hydroxylation sites is 1. The first-order valence-electron chi connectivity index (χ1n) is 7.15. The maximum Gasteiger partial charge on any atom is 0.258 e. The van der Waals surface area contributed by atoms with E-state index in [1.807, 2.05) is 54.6 Å². The van der Waals surface area contributed by atoms with Crippen LogP contribution in [0.25, 0.3) is 0 Å². The number of benzene rings is 2. The Labute approximate surface area is 138 Å². The lowest BCUT2D eigenvalue weighted by Crippen LogP contribution is -2.27. The van der Waals surface area contributed by atoms with Crippen LogP contribution < -0.4 is 4.90 Å². The quantitative estimate of drug-likeness (QED) is 0.731. The van der Waals surface area contributed by atoms with Crippen molar-refractivity contribution < 1.29 is 4.79 Å². The number of hydrogen-bond acceptors (Lipinski definition) is 4. The van der Waals surface area contributed by atoms with Crippen LogP contribution in [0.1, 0.15) is 15.9 Å². The fourth-order valence-corrected chi connectivity index (χ4v) is 3.00. The molecule has 0 aliphatic heterocycles. The second-order valence-electron chi connectivity index (χ2n) is 4.94. The van der Waals surface area contributed by atoms with E-state index in [1.165, 1.54) is 18.1 Å². The number of H-pyrrole nitrogens is 1. The molecule has 0 fully saturated rings. The highest BCUT2D eigenvalue weighted by molar-refractivity contribution is 7.98. The molecule has 1 aromatic heterocycles. The number of amides is 1. The summed E-state index contributed by atoms with van der Waals surface area (Å²) >= 11 is 1.52. The Morgan fingerprint density at radius 1 is 1.13 bits per heavy atom. The van der Waals surface area contributed by atoms with Gasteiger partial charge in [0.05, 0.1) is 0 Å². The van der Waals surface area contributed by atoms with E-state index in [9.17, 15) is 4.79 Å². The molecule has 3 aromatic rings. The first kappa shape index (κ1) is 15.3. The summed E-state index contributed by atoms with van der Waals surface area (Å²) < 4.78 is 0. The Hall–Kier alpha value is -2.60. The van der Waals surface area contributed by atoms with Crippen molar-refractivity contribution in [3.8, 4) is 0 Å². The van der Waals surface area contributed by atoms with Gasteiger partial charge in [-0.25, -0.2) is 4.98 Å². The van der Waals surface area contributed by atoms with Gasteiger partial charge in [0, 0.05) is 24.1 Å². The highest BCUT2D eigenvalue weighted by Gasteiger charge is 2.16. The molecule has 0 bridgehead atoms. The van der Waals surface area contributed by atoms with Gasteiger partial charge in [-0.05, 0) is 23.8 Å². The van der Waals surface area contributed by atoms with Crippen LogP contribution in [-0.4, -0.2) is 28.1 Å². The average molecular weight is 324 g/mol. The molecule has 2 aromatic carbocycles. The largest absolute Gasteiger partial charge is 0.311 e. The van der Waals surface area contributed by atoms with Gasteiger partial charge in [0.2, 0.25) is 0 Å². The topological polar surface area (TPSA) is 61.9 Å². The molecule has 3 rings (SSSR count). The number of nitrogens with zero attached hydrogens (tertiary/aromatic N) is 3. The molecule has 0 unspecified atom stereocenters. The van der Waals surface area contributed by atoms with E-state index in [-0.39, 0.29) is 5.91 Å². The predicted octanol–water partition coefficient (Wildman–Crippen LogP) is 3.37. The summed E-state index contributed by atoms with van der Waals surface area (Å²) in [6.45, 7) is 0. The number of anilines is 1. The van der Waals surface area contributed by atoms with Gasteiger partial charge >= 0.3 is 0 Å². The van der Waals surface area contributed by atoms with Crippen molar-refractivity contribution in [2.24, 2.45) is 0 Å². The van der Waals surface area contributed by atoms with Crippen molar-refractivity contribution >= 4 is 23.4 Å². The van der Waals surface area contributed by atoms with Crippen molar-refractivity contribution in [2.45, 2.75) is 10.9 Å². The molecule has 0 aliphatic rings. The Balaban J connectivity index is 1.80. The highest BCUT2D eigenvalue weighted by Crippen LogP contribution is 2.23. The molecular formula is C17H16N4OS. The molecule has 1 amide bonds. The van der Waals surface area contributed by atoms with Crippen molar-refractivity contribution in [3.63, 3.8) is 0 Å². The van der Waals surface area contributed by atoms with Gasteiger partial charge in [0.15, 0.2) is 5.16 Å². The lowest BCUT2D eigenvalue weighted by Gasteiger charge is -2.19. The van der Waals surface area contributed by atoms with Crippen LogP contribution in [0, 0.1) is 0 Å². The number of carbonyl (C=O) groups is 1. The zero-order chi connectivity index (χ0) is 16.1. The Bertz CT molecular complexity index is 774. The molecule has 23 heavy (non-hydrogen) atoms. The number of rotatable bonds is 5. The zero-order valence-corrected chi connectivity index (χ0v) is 13.5. The van der Waals surface area contributed by atoms with Crippen LogP contribution in [0.5, 0.6) is 0 Å². The number of thioether (sulfide) groups is 1. The fourth-order valence-electron chi connectivity index (χ4n) is 2.21. The third-order valence-electron chi connectivity index (χ3n) is 3.45. The van der Waals surface area contributed by atoms with E-state index >= 15 is 0 Å². The van der Waals surface area contributed by atoms with E-state index in [0.29, 0.717) is 11.3 Å². The van der Waals surface area contributed by atoms with Gasteiger partial charge in [0.25, 0.3) is 5.91 Å². The van der Waals surface area contributed by atoms with E-state index in [0.717, 1.165) is 16.4 Å². The van der Waals surface area contributed by atoms with Gasteiger partial charge in [-0.1, -0.05) is 48.2 Å². The van der Waals surface area contributed by atoms with Crippen molar-refractivity contribution in [1.82, 2.24) is 15.2 Å². The first-order valence-corrected chi connectivity index (χ1v) is 8.13. The number of hydrogen-bond donors (Lipinski definition) is 1. The fraction of sp³-hybridized carbons (Fsp3) is 0.118. The molecule has 0 aliphatic carbocycles. The van der Waals surface area contributed by atoms with E-state index in [2.05, 4.69) is 15.2 Å². The van der Waals surface area contributed by atoms with Crippen molar-refractivity contribution in [2.75, 3.05) is 11.9 Å². The summed E-state index contributed by atoms with van der Waals surface area (Å²) in [6.07, 6.45) is 1.47. The van der Waals surface area contributed by atoms with Gasteiger partial charge in [-0.2, -0.15) is 5.10 Å². The van der Waals surface area contributed by atoms with Gasteiger partial charge in [0.1, 0.15) is 6.33 Å². The minimum atomic E-state index is -0.0232. The first-order chi connectivity index (χ1) is 11.3.